The first-order valence-electron chi connectivity index (χ1n) is 7.08. The Morgan fingerprint density at radius 2 is 2.23 bits per heavy atom. The summed E-state index contributed by atoms with van der Waals surface area (Å²) in [6, 6.07) is 1.74. The van der Waals surface area contributed by atoms with Crippen molar-refractivity contribution in [1.82, 2.24) is 19.4 Å². The molecule has 1 aliphatic rings. The largest absolute Gasteiger partial charge is 0.453 e. The SMILES string of the molecule is COC(=O)N[C@@H]1CC[C@@H](n2c(=O)n(C)c3cnc(Cl)cc32)C1. The Morgan fingerprint density at radius 1 is 1.45 bits per heavy atom. The first-order chi connectivity index (χ1) is 10.5. The van der Waals surface area contributed by atoms with Gasteiger partial charge in [-0.1, -0.05) is 11.6 Å². The number of carbonyl (C=O) groups is 1. The van der Waals surface area contributed by atoms with Crippen LogP contribution in [0, 0.1) is 0 Å². The standard InChI is InChI=1S/C14H17ClN4O3/c1-18-11-7-16-12(15)6-10(11)19(14(18)21)9-4-3-8(5-9)17-13(20)22-2/h6-9H,3-5H2,1-2H3,(H,17,20)/t8-,9-/m1/s1. The van der Waals surface area contributed by atoms with Gasteiger partial charge in [0.1, 0.15) is 5.15 Å². The Hall–Kier alpha value is -2.02. The number of nitrogens with one attached hydrogen (secondary N) is 1. The van der Waals surface area contributed by atoms with Crippen LogP contribution < -0.4 is 11.0 Å². The summed E-state index contributed by atoms with van der Waals surface area (Å²) in [5, 5.41) is 3.15. The molecule has 0 saturated heterocycles. The number of amides is 1. The van der Waals surface area contributed by atoms with Crippen LogP contribution in [0.1, 0.15) is 25.3 Å². The van der Waals surface area contributed by atoms with E-state index >= 15 is 0 Å². The average molecular weight is 325 g/mol. The van der Waals surface area contributed by atoms with Crippen molar-refractivity contribution in [2.45, 2.75) is 31.3 Å². The lowest BCUT2D eigenvalue weighted by atomic mass is 10.2. The highest BCUT2D eigenvalue weighted by atomic mass is 35.5. The number of fused-ring (bicyclic) bond motifs is 1. The predicted octanol–water partition coefficient (Wildman–Crippen LogP) is 1.84. The maximum Gasteiger partial charge on any atom is 0.407 e. The molecule has 0 spiro atoms. The molecule has 3 rings (SSSR count). The minimum atomic E-state index is -0.442. The fourth-order valence-electron chi connectivity index (χ4n) is 3.13. The van der Waals surface area contributed by atoms with E-state index in [0.717, 1.165) is 23.9 Å². The van der Waals surface area contributed by atoms with Crippen LogP contribution in [-0.4, -0.2) is 33.4 Å². The fourth-order valence-corrected chi connectivity index (χ4v) is 3.29. The van der Waals surface area contributed by atoms with Gasteiger partial charge >= 0.3 is 11.8 Å². The summed E-state index contributed by atoms with van der Waals surface area (Å²) < 4.78 is 7.94. The number of methoxy groups -OCH3 is 1. The van der Waals surface area contributed by atoms with Gasteiger partial charge in [-0.05, 0) is 19.3 Å². The number of hydrogen-bond acceptors (Lipinski definition) is 4. The maximum absolute atomic E-state index is 12.5. The van der Waals surface area contributed by atoms with Crippen LogP contribution in [-0.2, 0) is 11.8 Å². The van der Waals surface area contributed by atoms with Crippen LogP contribution in [0.2, 0.25) is 5.15 Å². The Kier molecular flexibility index (Phi) is 3.82. The fraction of sp³-hybridized carbons (Fsp3) is 0.500. The molecule has 1 saturated carbocycles. The van der Waals surface area contributed by atoms with Crippen LogP contribution in [0.5, 0.6) is 0 Å². The van der Waals surface area contributed by atoms with E-state index in [1.807, 2.05) is 0 Å². The number of halogens is 1. The highest BCUT2D eigenvalue weighted by Crippen LogP contribution is 2.32. The van der Waals surface area contributed by atoms with Gasteiger partial charge in [-0.15, -0.1) is 0 Å². The number of ether oxygens (including phenoxy) is 1. The summed E-state index contributed by atoms with van der Waals surface area (Å²) in [5.74, 6) is 0. The number of imidazole rings is 1. The molecule has 2 aromatic heterocycles. The molecule has 7 nitrogen and oxygen atoms in total. The van der Waals surface area contributed by atoms with Crippen molar-refractivity contribution in [3.8, 4) is 0 Å². The van der Waals surface area contributed by atoms with Crippen LogP contribution in [0.25, 0.3) is 11.0 Å². The molecule has 2 aromatic rings. The van der Waals surface area contributed by atoms with Crippen molar-refractivity contribution in [3.05, 3.63) is 27.9 Å². The summed E-state index contributed by atoms with van der Waals surface area (Å²) in [7, 11) is 3.06. The molecule has 0 aromatic carbocycles. The minimum absolute atomic E-state index is 0.0110. The smallest absolute Gasteiger partial charge is 0.407 e. The molecule has 0 radical (unpaired) electrons. The lowest BCUT2D eigenvalue weighted by Gasteiger charge is -2.14. The molecule has 8 heteroatoms. The second-order valence-electron chi connectivity index (χ2n) is 5.51. The van der Waals surface area contributed by atoms with Gasteiger partial charge in [0.2, 0.25) is 0 Å². The van der Waals surface area contributed by atoms with E-state index in [2.05, 4.69) is 15.0 Å². The third-order valence-electron chi connectivity index (χ3n) is 4.22. The van der Waals surface area contributed by atoms with Gasteiger partial charge in [-0.25, -0.2) is 14.6 Å². The van der Waals surface area contributed by atoms with Gasteiger partial charge in [-0.2, -0.15) is 0 Å². The number of carbonyl (C=O) groups excluding carboxylic acids is 1. The van der Waals surface area contributed by atoms with Crippen LogP contribution in [0.4, 0.5) is 4.79 Å². The Bertz CT molecular complexity index is 782. The summed E-state index contributed by atoms with van der Waals surface area (Å²) in [5.41, 5.74) is 1.43. The summed E-state index contributed by atoms with van der Waals surface area (Å²) in [6.07, 6.45) is 3.47. The van der Waals surface area contributed by atoms with Crippen molar-refractivity contribution in [2.75, 3.05) is 7.11 Å². The molecule has 1 aliphatic carbocycles. The molecule has 118 valence electrons. The zero-order valence-electron chi connectivity index (χ0n) is 12.4. The molecule has 0 aliphatic heterocycles. The zero-order chi connectivity index (χ0) is 15.9. The highest BCUT2D eigenvalue weighted by Gasteiger charge is 2.30. The summed E-state index contributed by atoms with van der Waals surface area (Å²) >= 11 is 5.97. The molecular formula is C14H17ClN4O3. The number of alkyl carbamates (subject to hydrolysis) is 1. The number of nitrogens with zero attached hydrogens (tertiary/aromatic N) is 3. The lowest BCUT2D eigenvalue weighted by Crippen LogP contribution is -2.33. The molecule has 1 N–H and O–H groups in total. The van der Waals surface area contributed by atoms with E-state index in [1.54, 1.807) is 28.4 Å². The Labute approximate surface area is 131 Å². The third-order valence-corrected chi connectivity index (χ3v) is 4.43. The van der Waals surface area contributed by atoms with Crippen molar-refractivity contribution in [2.24, 2.45) is 7.05 Å². The van der Waals surface area contributed by atoms with E-state index in [-0.39, 0.29) is 17.8 Å². The number of aryl methyl sites for hydroxylation is 1. The molecule has 1 amide bonds. The van der Waals surface area contributed by atoms with Gasteiger partial charge in [-0.3, -0.25) is 9.13 Å². The van der Waals surface area contributed by atoms with Crippen LogP contribution >= 0.6 is 11.6 Å². The van der Waals surface area contributed by atoms with Gasteiger partial charge in [0.15, 0.2) is 0 Å². The quantitative estimate of drug-likeness (QED) is 0.855. The topological polar surface area (TPSA) is 78.1 Å². The van der Waals surface area contributed by atoms with Crippen molar-refractivity contribution < 1.29 is 9.53 Å². The number of hydrogen-bond donors (Lipinski definition) is 1. The van der Waals surface area contributed by atoms with Gasteiger partial charge < -0.3 is 10.1 Å². The van der Waals surface area contributed by atoms with E-state index in [1.165, 1.54) is 7.11 Å². The molecular weight excluding hydrogens is 308 g/mol. The Morgan fingerprint density at radius 3 is 2.95 bits per heavy atom. The number of pyridine rings is 1. The van der Waals surface area contributed by atoms with Crippen molar-refractivity contribution >= 4 is 28.7 Å². The highest BCUT2D eigenvalue weighted by molar-refractivity contribution is 6.29. The molecule has 1 fully saturated rings. The summed E-state index contributed by atoms with van der Waals surface area (Å²) in [4.78, 5) is 27.9. The molecule has 0 bridgehead atoms. The number of rotatable bonds is 2. The van der Waals surface area contributed by atoms with Crippen LogP contribution in [0.15, 0.2) is 17.1 Å². The second kappa shape index (κ2) is 5.64. The van der Waals surface area contributed by atoms with Gasteiger partial charge in [0.25, 0.3) is 0 Å². The van der Waals surface area contributed by atoms with E-state index in [4.69, 9.17) is 11.6 Å². The van der Waals surface area contributed by atoms with E-state index in [0.29, 0.717) is 11.6 Å². The maximum atomic E-state index is 12.5. The summed E-state index contributed by atoms with van der Waals surface area (Å²) in [6.45, 7) is 0. The van der Waals surface area contributed by atoms with Crippen LogP contribution in [0.3, 0.4) is 0 Å². The van der Waals surface area contributed by atoms with E-state index < -0.39 is 6.09 Å². The average Bonchev–Trinajstić information content (AvgIpc) is 3.03. The first kappa shape index (κ1) is 14.9. The minimum Gasteiger partial charge on any atom is -0.453 e. The first-order valence-corrected chi connectivity index (χ1v) is 7.46. The molecule has 22 heavy (non-hydrogen) atoms. The monoisotopic (exact) mass is 324 g/mol. The van der Waals surface area contributed by atoms with E-state index in [9.17, 15) is 9.59 Å². The molecule has 2 atom stereocenters. The van der Waals surface area contributed by atoms with Gasteiger partial charge in [0.05, 0.1) is 24.3 Å². The third kappa shape index (κ3) is 2.45. The molecule has 2 heterocycles. The number of aromatic nitrogens is 3. The molecule has 0 unspecified atom stereocenters. The van der Waals surface area contributed by atoms with Crippen molar-refractivity contribution in [1.29, 1.82) is 0 Å². The zero-order valence-corrected chi connectivity index (χ0v) is 13.1. The van der Waals surface area contributed by atoms with Crippen molar-refractivity contribution in [3.63, 3.8) is 0 Å². The Balaban J connectivity index is 1.94. The predicted molar refractivity (Wildman–Crippen MR) is 82.2 cm³/mol. The van der Waals surface area contributed by atoms with Gasteiger partial charge in [0, 0.05) is 25.2 Å². The second-order valence-corrected chi connectivity index (χ2v) is 5.89. The normalized spacial score (nSPS) is 21.2. The lowest BCUT2D eigenvalue weighted by molar-refractivity contribution is 0.166.